The lowest BCUT2D eigenvalue weighted by Gasteiger charge is -2.23. The quantitative estimate of drug-likeness (QED) is 0.157. The van der Waals surface area contributed by atoms with Crippen LogP contribution < -0.4 is 0 Å². The molecule has 0 unspecified atom stereocenters. The minimum Gasteiger partial charge on any atom is -0.247 e. The van der Waals surface area contributed by atoms with E-state index in [0.717, 1.165) is 33.7 Å². The van der Waals surface area contributed by atoms with Crippen LogP contribution in [0.5, 0.6) is 0 Å². The van der Waals surface area contributed by atoms with E-state index in [4.69, 9.17) is 4.99 Å². The van der Waals surface area contributed by atoms with Gasteiger partial charge in [0, 0.05) is 28.2 Å². The standard InChI is InChI=1S/C51H37N/c1-51(2)47-21-13-12-20-43(47)46-33-44(38-18-10-5-11-19-38)45(34-48(46)51)39-24-28-40(29-25-39)49-31-30-42(36-16-8-4-9-17-36)32-50(52-49)41-26-22-37(23-27-41)35-14-6-3-7-15-35/h3-29,31-34H,1-2H3. The van der Waals surface area contributed by atoms with Gasteiger partial charge in [-0.05, 0) is 79.4 Å². The lowest BCUT2D eigenvalue weighted by Crippen LogP contribution is -2.15. The molecule has 0 saturated carbocycles. The van der Waals surface area contributed by atoms with Crippen molar-refractivity contribution in [2.75, 3.05) is 0 Å². The third-order valence-corrected chi connectivity index (χ3v) is 10.6. The first kappa shape index (κ1) is 31.5. The molecule has 0 N–H and O–H groups in total. The van der Waals surface area contributed by atoms with E-state index in [1.54, 1.807) is 0 Å². The van der Waals surface area contributed by atoms with Crippen molar-refractivity contribution in [2.24, 2.45) is 4.99 Å². The van der Waals surface area contributed by atoms with Crippen LogP contribution in [0, 0.1) is 0 Å². The van der Waals surface area contributed by atoms with E-state index in [9.17, 15) is 0 Å². The molecular formula is C51H37N. The van der Waals surface area contributed by atoms with Gasteiger partial charge in [0.15, 0.2) is 0 Å². The van der Waals surface area contributed by atoms with E-state index < -0.39 is 0 Å². The summed E-state index contributed by atoms with van der Waals surface area (Å²) in [5.41, 5.74) is 22.2. The van der Waals surface area contributed by atoms with Crippen molar-refractivity contribution in [3.63, 3.8) is 0 Å². The summed E-state index contributed by atoms with van der Waals surface area (Å²) in [6.45, 7) is 4.70. The topological polar surface area (TPSA) is 12.4 Å². The van der Waals surface area contributed by atoms with E-state index >= 15 is 0 Å². The number of nitrogens with zero attached hydrogens (tertiary/aromatic N) is 1. The van der Waals surface area contributed by atoms with Crippen molar-refractivity contribution in [1.29, 1.82) is 0 Å². The Kier molecular flexibility index (Phi) is 7.85. The van der Waals surface area contributed by atoms with Gasteiger partial charge in [0.05, 0.1) is 11.4 Å². The Hall–Kier alpha value is -6.53. The second-order valence-electron chi connectivity index (χ2n) is 14.1. The molecule has 1 aliphatic carbocycles. The molecule has 1 heteroatoms. The van der Waals surface area contributed by atoms with Gasteiger partial charge in [-0.1, -0.05) is 178 Å². The second kappa shape index (κ2) is 13.0. The lowest BCUT2D eigenvalue weighted by molar-refractivity contribution is 0.660. The fraction of sp³-hybridized carbons (Fsp3) is 0.0588. The highest BCUT2D eigenvalue weighted by Crippen LogP contribution is 2.51. The van der Waals surface area contributed by atoms with E-state index in [2.05, 4.69) is 196 Å². The molecule has 0 amide bonds. The van der Waals surface area contributed by atoms with E-state index in [1.807, 2.05) is 12.1 Å². The maximum absolute atomic E-state index is 5.29. The number of benzene rings is 7. The minimum atomic E-state index is -0.0828. The number of hydrogen-bond acceptors (Lipinski definition) is 1. The summed E-state index contributed by atoms with van der Waals surface area (Å²) in [6, 6.07) is 63.0. The Balaban J connectivity index is 1.13. The summed E-state index contributed by atoms with van der Waals surface area (Å²) in [4.78, 5) is 5.29. The SMILES string of the molecule is CC1(C)c2ccccc2-c2cc(-c3ccccc3)c(-c3ccc(C4=NC(c5ccc(-c6ccccc6)cc5)=CC(c5ccccc5)=C=C4)cc3)cc21. The number of fused-ring (bicyclic) bond motifs is 3. The second-order valence-corrected chi connectivity index (χ2v) is 14.1. The smallest absolute Gasteiger partial charge is 0.0786 e. The van der Waals surface area contributed by atoms with Crippen molar-refractivity contribution in [3.05, 3.63) is 222 Å². The summed E-state index contributed by atoms with van der Waals surface area (Å²) in [7, 11) is 0. The van der Waals surface area contributed by atoms with Crippen LogP contribution in [0.3, 0.4) is 0 Å². The van der Waals surface area contributed by atoms with E-state index in [-0.39, 0.29) is 5.41 Å². The predicted molar refractivity (Wildman–Crippen MR) is 219 cm³/mol. The molecular weight excluding hydrogens is 627 g/mol. The predicted octanol–water partition coefficient (Wildman–Crippen LogP) is 13.1. The molecule has 0 bridgehead atoms. The average Bonchev–Trinajstić information content (AvgIpc) is 3.32. The molecule has 0 aromatic heterocycles. The van der Waals surface area contributed by atoms with Crippen LogP contribution in [0.4, 0.5) is 0 Å². The van der Waals surface area contributed by atoms with Crippen molar-refractivity contribution in [3.8, 4) is 44.5 Å². The average molecular weight is 664 g/mol. The van der Waals surface area contributed by atoms with Crippen LogP contribution in [-0.2, 0) is 5.41 Å². The fourth-order valence-electron chi connectivity index (χ4n) is 7.73. The summed E-state index contributed by atoms with van der Waals surface area (Å²) in [6.07, 6.45) is 4.19. The summed E-state index contributed by atoms with van der Waals surface area (Å²) in [5.74, 6) is 0. The van der Waals surface area contributed by atoms with Crippen LogP contribution in [0.15, 0.2) is 199 Å². The van der Waals surface area contributed by atoms with Crippen LogP contribution in [0.25, 0.3) is 55.8 Å². The zero-order valence-corrected chi connectivity index (χ0v) is 29.3. The molecule has 246 valence electrons. The third kappa shape index (κ3) is 5.68. The normalized spacial score (nSPS) is 14.1. The van der Waals surface area contributed by atoms with E-state index in [1.165, 1.54) is 55.6 Å². The highest BCUT2D eigenvalue weighted by atomic mass is 14.8. The van der Waals surface area contributed by atoms with Gasteiger partial charge in [0.1, 0.15) is 0 Å². The van der Waals surface area contributed by atoms with Gasteiger partial charge in [0.25, 0.3) is 0 Å². The molecule has 9 rings (SSSR count). The maximum atomic E-state index is 5.29. The first-order chi connectivity index (χ1) is 25.5. The number of hydrogen-bond donors (Lipinski definition) is 0. The van der Waals surface area contributed by atoms with Crippen molar-refractivity contribution >= 4 is 17.0 Å². The zero-order chi connectivity index (χ0) is 35.1. The van der Waals surface area contributed by atoms with Gasteiger partial charge < -0.3 is 0 Å². The first-order valence-electron chi connectivity index (χ1n) is 18.0. The van der Waals surface area contributed by atoms with Gasteiger partial charge in [-0.3, -0.25) is 0 Å². The Morgan fingerprint density at radius 1 is 0.404 bits per heavy atom. The van der Waals surface area contributed by atoms with Crippen LogP contribution >= 0.6 is 0 Å². The van der Waals surface area contributed by atoms with Gasteiger partial charge in [0.2, 0.25) is 0 Å². The first-order valence-corrected chi connectivity index (χ1v) is 18.0. The summed E-state index contributed by atoms with van der Waals surface area (Å²) in [5, 5.41) is 0. The van der Waals surface area contributed by atoms with Gasteiger partial charge in [-0.2, -0.15) is 0 Å². The van der Waals surface area contributed by atoms with Crippen molar-refractivity contribution < 1.29 is 0 Å². The largest absolute Gasteiger partial charge is 0.247 e. The van der Waals surface area contributed by atoms with Crippen LogP contribution in [-0.4, -0.2) is 5.71 Å². The number of rotatable bonds is 6. The van der Waals surface area contributed by atoms with E-state index in [0.29, 0.717) is 0 Å². The van der Waals surface area contributed by atoms with Gasteiger partial charge >= 0.3 is 0 Å². The van der Waals surface area contributed by atoms with Crippen molar-refractivity contribution in [2.45, 2.75) is 19.3 Å². The summed E-state index contributed by atoms with van der Waals surface area (Å²) < 4.78 is 0. The Morgan fingerprint density at radius 2 is 0.904 bits per heavy atom. The van der Waals surface area contributed by atoms with Gasteiger partial charge in [-0.15, -0.1) is 5.73 Å². The minimum absolute atomic E-state index is 0.0828. The molecule has 7 aromatic rings. The number of allylic oxidation sites excluding steroid dienone is 2. The molecule has 2 aliphatic rings. The molecule has 1 nitrogen and oxygen atoms in total. The monoisotopic (exact) mass is 663 g/mol. The Bertz CT molecular complexity index is 2560. The number of aliphatic imine (C=N–C) groups is 1. The van der Waals surface area contributed by atoms with Crippen molar-refractivity contribution in [1.82, 2.24) is 0 Å². The molecule has 0 spiro atoms. The van der Waals surface area contributed by atoms with Crippen LogP contribution in [0.2, 0.25) is 0 Å². The molecule has 7 aromatic carbocycles. The molecule has 0 radical (unpaired) electrons. The summed E-state index contributed by atoms with van der Waals surface area (Å²) >= 11 is 0. The molecule has 0 fully saturated rings. The Morgan fingerprint density at radius 3 is 1.60 bits per heavy atom. The third-order valence-electron chi connectivity index (χ3n) is 10.6. The lowest BCUT2D eigenvalue weighted by atomic mass is 9.80. The molecule has 1 heterocycles. The fourth-order valence-corrected chi connectivity index (χ4v) is 7.73. The molecule has 0 atom stereocenters. The maximum Gasteiger partial charge on any atom is 0.0786 e. The highest BCUT2D eigenvalue weighted by Gasteiger charge is 2.36. The Labute approximate surface area is 306 Å². The molecule has 1 aliphatic heterocycles. The van der Waals surface area contributed by atoms with Crippen LogP contribution in [0.1, 0.15) is 41.7 Å². The van der Waals surface area contributed by atoms with Gasteiger partial charge in [-0.25, -0.2) is 4.99 Å². The zero-order valence-electron chi connectivity index (χ0n) is 29.3. The molecule has 52 heavy (non-hydrogen) atoms. The molecule has 0 saturated heterocycles. The highest BCUT2D eigenvalue weighted by molar-refractivity contribution is 6.13.